The molecule has 0 aliphatic carbocycles. The van der Waals surface area contributed by atoms with Crippen molar-refractivity contribution < 1.29 is 24.3 Å². The van der Waals surface area contributed by atoms with Crippen LogP contribution in [0, 0.1) is 5.41 Å². The zero-order valence-electron chi connectivity index (χ0n) is 15.4. The van der Waals surface area contributed by atoms with Crippen molar-refractivity contribution in [2.75, 3.05) is 29.5 Å². The predicted octanol–water partition coefficient (Wildman–Crippen LogP) is 0.0522. The largest absolute Gasteiger partial charge is 0.481 e. The molecule has 0 bridgehead atoms. The molecular formula is C16H19N5O5S3. The minimum Gasteiger partial charge on any atom is -0.481 e. The zero-order valence-corrected chi connectivity index (χ0v) is 17.8. The first-order valence-corrected chi connectivity index (χ1v) is 11.9. The Bertz CT molecular complexity index is 888. The Morgan fingerprint density at radius 1 is 1.48 bits per heavy atom. The highest BCUT2D eigenvalue weighted by Crippen LogP contribution is 2.41. The summed E-state index contributed by atoms with van der Waals surface area (Å²) in [6, 6.07) is -0.744. The van der Waals surface area contributed by atoms with E-state index in [2.05, 4.69) is 15.5 Å². The normalized spacial score (nSPS) is 29.5. The van der Waals surface area contributed by atoms with Crippen molar-refractivity contribution in [3.63, 3.8) is 0 Å². The molecule has 1 aromatic rings. The lowest BCUT2D eigenvalue weighted by atomic mass is 9.89. The molecule has 4 N–H and O–H groups in total. The van der Waals surface area contributed by atoms with Gasteiger partial charge in [-0.2, -0.15) is 11.8 Å². The topological polar surface area (TPSA) is 147 Å². The molecule has 3 aliphatic rings. The van der Waals surface area contributed by atoms with Crippen LogP contribution in [0.2, 0.25) is 0 Å². The SMILES string of the molecule is CC1(C(=O)O)CS[C@@H]2C(NC(=O)C(=NOC3CSC3)c3csc(N)n3)C(=O)N2C1. The first-order chi connectivity index (χ1) is 13.8. The highest BCUT2D eigenvalue weighted by Gasteiger charge is 2.56. The number of rotatable bonds is 6. The van der Waals surface area contributed by atoms with E-state index in [9.17, 15) is 19.5 Å². The molecule has 3 fully saturated rings. The number of amides is 2. The molecular weight excluding hydrogens is 438 g/mol. The Labute approximate surface area is 178 Å². The number of aromatic nitrogens is 1. The number of β-lactam (4-membered cyclic amide) rings is 1. The molecule has 1 aromatic heterocycles. The summed E-state index contributed by atoms with van der Waals surface area (Å²) in [5, 5.41) is 17.7. The molecule has 0 spiro atoms. The average molecular weight is 458 g/mol. The third kappa shape index (κ3) is 3.78. The zero-order chi connectivity index (χ0) is 20.8. The van der Waals surface area contributed by atoms with Crippen molar-refractivity contribution in [2.24, 2.45) is 10.6 Å². The van der Waals surface area contributed by atoms with Crippen molar-refractivity contribution in [3.05, 3.63) is 11.1 Å². The second-order valence-electron chi connectivity index (χ2n) is 7.26. The standard InChI is InChI=1S/C16H19N5O5S3/c1-16(14(24)25)5-21-12(23)10(13(21)29-6-16)19-11(22)9(8-4-28-15(17)18-8)20-26-7-2-27-3-7/h4,7,10,13H,2-3,5-6H2,1H3,(H2,17,18)(H,19,22)(H,24,25)/t10?,13-,16?/m1/s1. The highest BCUT2D eigenvalue weighted by atomic mass is 32.2. The molecule has 3 saturated heterocycles. The van der Waals surface area contributed by atoms with E-state index >= 15 is 0 Å². The summed E-state index contributed by atoms with van der Waals surface area (Å²) in [4.78, 5) is 47.8. The number of carbonyl (C=O) groups excluding carboxylic acids is 2. The van der Waals surface area contributed by atoms with Gasteiger partial charge in [-0.25, -0.2) is 4.98 Å². The number of nitrogens with two attached hydrogens (primary N) is 1. The number of carboxylic acids is 1. The van der Waals surface area contributed by atoms with Crippen LogP contribution < -0.4 is 11.1 Å². The second kappa shape index (κ2) is 7.69. The van der Waals surface area contributed by atoms with Gasteiger partial charge in [-0.05, 0) is 6.92 Å². The number of nitrogens with zero attached hydrogens (tertiary/aromatic N) is 3. The number of carboxylic acid groups (broad SMARTS) is 1. The van der Waals surface area contributed by atoms with Crippen LogP contribution in [0.1, 0.15) is 12.6 Å². The molecule has 29 heavy (non-hydrogen) atoms. The molecule has 3 atom stereocenters. The Morgan fingerprint density at radius 3 is 2.83 bits per heavy atom. The number of nitrogens with one attached hydrogen (secondary N) is 1. The van der Waals surface area contributed by atoms with Gasteiger partial charge in [0.2, 0.25) is 5.91 Å². The van der Waals surface area contributed by atoms with Crippen LogP contribution in [0.4, 0.5) is 5.13 Å². The van der Waals surface area contributed by atoms with E-state index in [1.165, 1.54) is 28.0 Å². The molecule has 156 valence electrons. The van der Waals surface area contributed by atoms with Crippen LogP contribution in [0.25, 0.3) is 0 Å². The summed E-state index contributed by atoms with van der Waals surface area (Å²) in [6.45, 7) is 1.74. The summed E-state index contributed by atoms with van der Waals surface area (Å²) in [5.41, 5.74) is 4.93. The minimum absolute atomic E-state index is 0.0303. The van der Waals surface area contributed by atoms with Gasteiger partial charge in [-0.15, -0.1) is 23.1 Å². The molecule has 13 heteroatoms. The van der Waals surface area contributed by atoms with Gasteiger partial charge in [-0.1, -0.05) is 5.16 Å². The lowest BCUT2D eigenvalue weighted by Gasteiger charge is -2.53. The van der Waals surface area contributed by atoms with Crippen LogP contribution >= 0.6 is 34.9 Å². The maximum absolute atomic E-state index is 12.9. The van der Waals surface area contributed by atoms with Crippen LogP contribution in [0.3, 0.4) is 0 Å². The number of oxime groups is 1. The maximum atomic E-state index is 12.9. The van der Waals surface area contributed by atoms with Gasteiger partial charge in [0.05, 0.1) is 5.41 Å². The van der Waals surface area contributed by atoms with E-state index in [1.54, 1.807) is 24.1 Å². The van der Waals surface area contributed by atoms with E-state index in [4.69, 9.17) is 10.6 Å². The summed E-state index contributed by atoms with van der Waals surface area (Å²) >= 11 is 4.24. The molecule has 0 saturated carbocycles. The van der Waals surface area contributed by atoms with Gasteiger partial charge in [0, 0.05) is 29.2 Å². The average Bonchev–Trinajstić information content (AvgIpc) is 3.07. The first-order valence-electron chi connectivity index (χ1n) is 8.78. The van der Waals surface area contributed by atoms with E-state index in [0.717, 1.165) is 11.5 Å². The van der Waals surface area contributed by atoms with Gasteiger partial charge in [0.1, 0.15) is 23.2 Å². The number of nitrogen functional groups attached to an aromatic ring is 1. The highest BCUT2D eigenvalue weighted by molar-refractivity contribution is 8.00. The third-order valence-electron chi connectivity index (χ3n) is 4.92. The summed E-state index contributed by atoms with van der Waals surface area (Å²) in [6.07, 6.45) is -0.0535. The Balaban J connectivity index is 1.45. The monoisotopic (exact) mass is 457 g/mol. The fraction of sp³-hybridized carbons (Fsp3) is 0.562. The number of anilines is 1. The van der Waals surface area contributed by atoms with E-state index in [1.807, 2.05) is 0 Å². The van der Waals surface area contributed by atoms with Crippen LogP contribution in [0.5, 0.6) is 0 Å². The first kappa shape index (κ1) is 20.3. The van der Waals surface area contributed by atoms with Crippen LogP contribution in [-0.4, -0.2) is 79.8 Å². The van der Waals surface area contributed by atoms with Gasteiger partial charge in [-0.3, -0.25) is 14.4 Å². The summed E-state index contributed by atoms with van der Waals surface area (Å²) in [7, 11) is 0. The van der Waals surface area contributed by atoms with Crippen molar-refractivity contribution in [1.29, 1.82) is 0 Å². The molecule has 0 radical (unpaired) electrons. The number of hydrogen-bond acceptors (Lipinski definition) is 10. The smallest absolute Gasteiger partial charge is 0.312 e. The lowest BCUT2D eigenvalue weighted by molar-refractivity contribution is -0.157. The van der Waals surface area contributed by atoms with Gasteiger partial charge in [0.15, 0.2) is 10.8 Å². The van der Waals surface area contributed by atoms with Crippen LogP contribution in [0.15, 0.2) is 10.5 Å². The molecule has 0 aromatic carbocycles. The number of thiazole rings is 1. The number of aliphatic carboxylic acids is 1. The van der Waals surface area contributed by atoms with Crippen LogP contribution in [-0.2, 0) is 19.2 Å². The molecule has 2 amide bonds. The summed E-state index contributed by atoms with van der Waals surface area (Å²) < 4.78 is 0. The van der Waals surface area contributed by atoms with Crippen molar-refractivity contribution in [3.8, 4) is 0 Å². The second-order valence-corrected chi connectivity index (χ2v) is 10.3. The number of carbonyl (C=O) groups is 3. The van der Waals surface area contributed by atoms with Gasteiger partial charge < -0.3 is 25.9 Å². The summed E-state index contributed by atoms with van der Waals surface area (Å²) in [5.74, 6) is 0.132. The Hall–Kier alpha value is -1.99. The fourth-order valence-electron chi connectivity index (χ4n) is 3.04. The van der Waals surface area contributed by atoms with Gasteiger partial charge >= 0.3 is 5.97 Å². The van der Waals surface area contributed by atoms with Crippen molar-refractivity contribution >= 4 is 63.5 Å². The number of fused-ring (bicyclic) bond motifs is 1. The minimum atomic E-state index is -0.995. The Morgan fingerprint density at radius 2 is 2.24 bits per heavy atom. The van der Waals surface area contributed by atoms with E-state index in [0.29, 0.717) is 10.9 Å². The maximum Gasteiger partial charge on any atom is 0.312 e. The molecule has 2 unspecified atom stereocenters. The third-order valence-corrected chi connectivity index (χ3v) is 8.48. The molecule has 4 heterocycles. The fourth-order valence-corrected chi connectivity index (χ4v) is 5.63. The predicted molar refractivity (Wildman–Crippen MR) is 111 cm³/mol. The lowest BCUT2D eigenvalue weighted by Crippen LogP contribution is -2.73. The molecule has 3 aliphatic heterocycles. The Kier molecular flexibility index (Phi) is 5.38. The number of thioether (sulfide) groups is 2. The van der Waals surface area contributed by atoms with E-state index in [-0.39, 0.29) is 35.3 Å². The van der Waals surface area contributed by atoms with E-state index < -0.39 is 23.3 Å². The van der Waals surface area contributed by atoms with Crippen molar-refractivity contribution in [2.45, 2.75) is 24.4 Å². The van der Waals surface area contributed by atoms with Crippen molar-refractivity contribution in [1.82, 2.24) is 15.2 Å². The quantitative estimate of drug-likeness (QED) is 0.306. The molecule has 4 rings (SSSR count). The number of hydrogen-bond donors (Lipinski definition) is 3. The van der Waals surface area contributed by atoms with Gasteiger partial charge in [0.25, 0.3) is 5.91 Å². The molecule has 10 nitrogen and oxygen atoms in total.